The molecule has 1 amide bonds. The van der Waals surface area contributed by atoms with Gasteiger partial charge in [-0.3, -0.25) is 4.79 Å². The molecule has 5 heteroatoms. The van der Waals surface area contributed by atoms with Crippen molar-refractivity contribution in [3.63, 3.8) is 0 Å². The van der Waals surface area contributed by atoms with Crippen molar-refractivity contribution in [2.24, 2.45) is 5.92 Å². The van der Waals surface area contributed by atoms with Gasteiger partial charge in [0.1, 0.15) is 0 Å². The van der Waals surface area contributed by atoms with E-state index in [1.165, 1.54) is 9.40 Å². The van der Waals surface area contributed by atoms with Crippen LogP contribution in [0.2, 0.25) is 0 Å². The Bertz CT molecular complexity index is 496. The van der Waals surface area contributed by atoms with Gasteiger partial charge in [-0.25, -0.2) is 0 Å². The molecule has 1 N–H and O–H groups in total. The second-order valence-electron chi connectivity index (χ2n) is 4.02. The van der Waals surface area contributed by atoms with Crippen molar-refractivity contribution in [1.29, 1.82) is 0 Å². The van der Waals surface area contributed by atoms with Crippen LogP contribution in [-0.4, -0.2) is 35.6 Å². The van der Waals surface area contributed by atoms with Gasteiger partial charge in [-0.1, -0.05) is 0 Å². The molecule has 3 heterocycles. The van der Waals surface area contributed by atoms with E-state index in [0.717, 1.165) is 4.88 Å². The van der Waals surface area contributed by atoms with E-state index in [1.807, 2.05) is 17.5 Å². The van der Waals surface area contributed by atoms with E-state index in [4.69, 9.17) is 5.11 Å². The van der Waals surface area contributed by atoms with Gasteiger partial charge in [0.25, 0.3) is 5.91 Å². The van der Waals surface area contributed by atoms with Gasteiger partial charge >= 0.3 is 0 Å². The van der Waals surface area contributed by atoms with E-state index in [1.54, 1.807) is 27.6 Å². The summed E-state index contributed by atoms with van der Waals surface area (Å²) in [7, 11) is 0. The molecule has 16 heavy (non-hydrogen) atoms. The Morgan fingerprint density at radius 3 is 3.00 bits per heavy atom. The van der Waals surface area contributed by atoms with Gasteiger partial charge in [0.05, 0.1) is 4.88 Å². The number of fused-ring (bicyclic) bond motifs is 1. The van der Waals surface area contributed by atoms with Gasteiger partial charge in [0, 0.05) is 35.0 Å². The second kappa shape index (κ2) is 3.84. The Balaban J connectivity index is 1.78. The molecule has 0 saturated carbocycles. The van der Waals surface area contributed by atoms with E-state index >= 15 is 0 Å². The third-order valence-corrected chi connectivity index (χ3v) is 4.93. The minimum absolute atomic E-state index is 0.109. The molecule has 2 aromatic rings. The minimum Gasteiger partial charge on any atom is -0.396 e. The topological polar surface area (TPSA) is 40.5 Å². The molecule has 0 aromatic carbocycles. The summed E-state index contributed by atoms with van der Waals surface area (Å²) in [6.07, 6.45) is 0. The molecule has 2 aromatic heterocycles. The molecule has 1 aliphatic rings. The molecule has 0 unspecified atom stereocenters. The molecule has 3 nitrogen and oxygen atoms in total. The van der Waals surface area contributed by atoms with Crippen LogP contribution >= 0.6 is 22.7 Å². The normalized spacial score (nSPS) is 16.7. The lowest BCUT2D eigenvalue weighted by molar-refractivity contribution is 0.0366. The van der Waals surface area contributed by atoms with Gasteiger partial charge in [0.15, 0.2) is 0 Å². The van der Waals surface area contributed by atoms with Gasteiger partial charge in [-0.05, 0) is 17.5 Å². The third-order valence-electron chi connectivity index (χ3n) is 2.85. The van der Waals surface area contributed by atoms with E-state index in [2.05, 4.69) is 0 Å². The molecule has 1 saturated heterocycles. The number of carbonyl (C=O) groups is 1. The van der Waals surface area contributed by atoms with Crippen molar-refractivity contribution in [2.75, 3.05) is 19.7 Å². The Hall–Kier alpha value is -0.910. The Morgan fingerprint density at radius 2 is 2.31 bits per heavy atom. The number of carbonyl (C=O) groups excluding carboxylic acids is 1. The molecule has 1 aliphatic heterocycles. The fourth-order valence-electron chi connectivity index (χ4n) is 1.88. The van der Waals surface area contributed by atoms with Crippen LogP contribution in [-0.2, 0) is 0 Å². The van der Waals surface area contributed by atoms with Crippen molar-refractivity contribution in [3.8, 4) is 0 Å². The van der Waals surface area contributed by atoms with Crippen molar-refractivity contribution in [1.82, 2.24) is 4.90 Å². The molecule has 84 valence electrons. The van der Waals surface area contributed by atoms with Crippen molar-refractivity contribution >= 4 is 38.0 Å². The number of aliphatic hydroxyl groups is 1. The van der Waals surface area contributed by atoms with Crippen LogP contribution in [0.25, 0.3) is 9.40 Å². The van der Waals surface area contributed by atoms with Crippen LogP contribution in [0.3, 0.4) is 0 Å². The number of hydrogen-bond donors (Lipinski definition) is 1. The van der Waals surface area contributed by atoms with Gasteiger partial charge in [-0.15, -0.1) is 22.7 Å². The highest BCUT2D eigenvalue weighted by molar-refractivity contribution is 7.27. The highest BCUT2D eigenvalue weighted by Crippen LogP contribution is 2.31. The summed E-state index contributed by atoms with van der Waals surface area (Å²) in [5.41, 5.74) is 0. The van der Waals surface area contributed by atoms with E-state index in [-0.39, 0.29) is 18.4 Å². The average Bonchev–Trinajstić information content (AvgIpc) is 2.74. The average molecular weight is 253 g/mol. The third kappa shape index (κ3) is 1.55. The molecular weight excluding hydrogens is 242 g/mol. The standard InChI is InChI=1S/C11H11NO2S2/c13-6-7-4-12(5-7)11(14)10-3-9-8(16-10)1-2-15-9/h1-3,7,13H,4-6H2. The maximum Gasteiger partial charge on any atom is 0.264 e. The zero-order valence-electron chi connectivity index (χ0n) is 8.55. The van der Waals surface area contributed by atoms with E-state index < -0.39 is 0 Å². The van der Waals surface area contributed by atoms with Gasteiger partial charge in [-0.2, -0.15) is 0 Å². The molecule has 1 fully saturated rings. The van der Waals surface area contributed by atoms with Crippen LogP contribution in [0.15, 0.2) is 17.5 Å². The first kappa shape index (κ1) is 10.3. The molecule has 0 atom stereocenters. The molecule has 0 bridgehead atoms. The monoisotopic (exact) mass is 253 g/mol. The molecule has 0 radical (unpaired) electrons. The Labute approximate surface area is 101 Å². The number of amides is 1. The van der Waals surface area contributed by atoms with E-state index in [9.17, 15) is 4.79 Å². The summed E-state index contributed by atoms with van der Waals surface area (Å²) >= 11 is 3.22. The molecule has 3 rings (SSSR count). The summed E-state index contributed by atoms with van der Waals surface area (Å²) in [6.45, 7) is 1.57. The predicted molar refractivity (Wildman–Crippen MR) is 66.2 cm³/mol. The number of rotatable bonds is 2. The molecule has 0 aliphatic carbocycles. The minimum atomic E-state index is 0.109. The molecular formula is C11H11NO2S2. The Kier molecular flexibility index (Phi) is 2.46. The van der Waals surface area contributed by atoms with Gasteiger partial charge < -0.3 is 10.0 Å². The highest BCUT2D eigenvalue weighted by atomic mass is 32.1. The summed E-state index contributed by atoms with van der Waals surface area (Å²) < 4.78 is 2.38. The maximum atomic E-state index is 12.0. The number of nitrogens with zero attached hydrogens (tertiary/aromatic N) is 1. The first-order valence-corrected chi connectivity index (χ1v) is 6.84. The Morgan fingerprint density at radius 1 is 1.50 bits per heavy atom. The zero-order valence-corrected chi connectivity index (χ0v) is 10.2. The summed E-state index contributed by atoms with van der Waals surface area (Å²) in [4.78, 5) is 14.6. The number of likely N-dealkylation sites (tertiary alicyclic amines) is 1. The number of aliphatic hydroxyl groups excluding tert-OH is 1. The smallest absolute Gasteiger partial charge is 0.264 e. The highest BCUT2D eigenvalue weighted by Gasteiger charge is 2.31. The SMILES string of the molecule is O=C(c1cc2sccc2s1)N1CC(CO)C1. The van der Waals surface area contributed by atoms with Crippen LogP contribution in [0.4, 0.5) is 0 Å². The fraction of sp³-hybridized carbons (Fsp3) is 0.364. The number of hydrogen-bond acceptors (Lipinski definition) is 4. The lowest BCUT2D eigenvalue weighted by Gasteiger charge is -2.37. The van der Waals surface area contributed by atoms with Crippen LogP contribution in [0.5, 0.6) is 0 Å². The zero-order chi connectivity index (χ0) is 11.1. The summed E-state index contributed by atoms with van der Waals surface area (Å²) in [5.74, 6) is 0.392. The number of thiophene rings is 2. The quantitative estimate of drug-likeness (QED) is 0.889. The summed E-state index contributed by atoms with van der Waals surface area (Å²) in [6, 6.07) is 4.02. The van der Waals surface area contributed by atoms with Crippen molar-refractivity contribution in [2.45, 2.75) is 0 Å². The van der Waals surface area contributed by atoms with Crippen LogP contribution in [0, 0.1) is 5.92 Å². The second-order valence-corrected chi connectivity index (χ2v) is 6.05. The molecule has 0 spiro atoms. The van der Waals surface area contributed by atoms with E-state index in [0.29, 0.717) is 13.1 Å². The maximum absolute atomic E-state index is 12.0. The fourth-order valence-corrected chi connectivity index (χ4v) is 3.95. The van der Waals surface area contributed by atoms with Crippen molar-refractivity contribution in [3.05, 3.63) is 22.4 Å². The lowest BCUT2D eigenvalue weighted by Crippen LogP contribution is -2.51. The summed E-state index contributed by atoms with van der Waals surface area (Å²) in [5, 5.41) is 10.9. The lowest BCUT2D eigenvalue weighted by atomic mass is 10.0. The largest absolute Gasteiger partial charge is 0.396 e. The first-order chi connectivity index (χ1) is 7.78. The van der Waals surface area contributed by atoms with Crippen LogP contribution < -0.4 is 0 Å². The van der Waals surface area contributed by atoms with Gasteiger partial charge in [0.2, 0.25) is 0 Å². The van der Waals surface area contributed by atoms with Crippen LogP contribution in [0.1, 0.15) is 9.67 Å². The predicted octanol–water partition coefficient (Wildman–Crippen LogP) is 2.03. The first-order valence-electron chi connectivity index (χ1n) is 5.15. The van der Waals surface area contributed by atoms with Crippen molar-refractivity contribution < 1.29 is 9.90 Å².